The van der Waals surface area contributed by atoms with Gasteiger partial charge in [-0.05, 0) is 43.4 Å². The second kappa shape index (κ2) is 5.73. The average Bonchev–Trinajstić information content (AvgIpc) is 2.87. The fourth-order valence-electron chi connectivity index (χ4n) is 3.36. The molecular weight excluding hydrogens is 248 g/mol. The Labute approximate surface area is 120 Å². The highest BCUT2D eigenvalue weighted by Crippen LogP contribution is 2.29. The van der Waals surface area contributed by atoms with E-state index in [9.17, 15) is 0 Å². The first-order chi connectivity index (χ1) is 9.76. The molecule has 4 nitrogen and oxygen atoms in total. The number of H-pyrrole nitrogens is 1. The first-order valence-electron chi connectivity index (χ1n) is 7.78. The van der Waals surface area contributed by atoms with Crippen LogP contribution in [-0.2, 0) is 0 Å². The van der Waals surface area contributed by atoms with Crippen molar-refractivity contribution in [2.45, 2.75) is 51.5 Å². The summed E-state index contributed by atoms with van der Waals surface area (Å²) >= 11 is 0. The van der Waals surface area contributed by atoms with Crippen LogP contribution in [0, 0.1) is 5.92 Å². The topological polar surface area (TPSA) is 66.7 Å². The number of anilines is 2. The monoisotopic (exact) mass is 272 g/mol. The zero-order chi connectivity index (χ0) is 13.9. The van der Waals surface area contributed by atoms with Gasteiger partial charge in [-0.1, -0.05) is 26.2 Å². The van der Waals surface area contributed by atoms with Crippen LogP contribution >= 0.6 is 0 Å². The molecule has 108 valence electrons. The molecule has 20 heavy (non-hydrogen) atoms. The quantitative estimate of drug-likeness (QED) is 0.739. The van der Waals surface area contributed by atoms with Crippen molar-refractivity contribution in [3.63, 3.8) is 0 Å². The normalized spacial score (nSPS) is 18.2. The van der Waals surface area contributed by atoms with Gasteiger partial charge in [0, 0.05) is 11.7 Å². The molecular formula is C16H24N4. The molecule has 1 aliphatic rings. The molecule has 4 N–H and O–H groups in total. The van der Waals surface area contributed by atoms with E-state index < -0.39 is 0 Å². The Morgan fingerprint density at radius 2 is 2.15 bits per heavy atom. The van der Waals surface area contributed by atoms with Crippen molar-refractivity contribution >= 4 is 22.7 Å². The Balaban J connectivity index is 1.76. The fraction of sp³-hybridized carbons (Fsp3) is 0.562. The number of benzene rings is 1. The summed E-state index contributed by atoms with van der Waals surface area (Å²) < 4.78 is 0. The summed E-state index contributed by atoms with van der Waals surface area (Å²) in [6.07, 6.45) is 7.98. The highest BCUT2D eigenvalue weighted by atomic mass is 15.1. The molecule has 1 unspecified atom stereocenters. The fourth-order valence-corrected chi connectivity index (χ4v) is 3.36. The van der Waals surface area contributed by atoms with Crippen molar-refractivity contribution < 1.29 is 0 Å². The lowest BCUT2D eigenvalue weighted by Gasteiger charge is -2.30. The molecule has 0 radical (unpaired) electrons. The second-order valence-corrected chi connectivity index (χ2v) is 5.92. The molecule has 1 aromatic heterocycles. The van der Waals surface area contributed by atoms with E-state index >= 15 is 0 Å². The molecule has 1 fully saturated rings. The summed E-state index contributed by atoms with van der Waals surface area (Å²) in [6, 6.07) is 6.32. The highest BCUT2D eigenvalue weighted by Gasteiger charge is 2.22. The molecule has 4 heteroatoms. The van der Waals surface area contributed by atoms with Gasteiger partial charge in [0.1, 0.15) is 0 Å². The van der Waals surface area contributed by atoms with E-state index in [1.807, 2.05) is 18.2 Å². The van der Waals surface area contributed by atoms with Crippen molar-refractivity contribution in [2.75, 3.05) is 11.1 Å². The number of nitrogen functional groups attached to an aromatic ring is 1. The molecule has 0 bridgehead atoms. The summed E-state index contributed by atoms with van der Waals surface area (Å²) in [7, 11) is 0. The largest absolute Gasteiger partial charge is 0.399 e. The Morgan fingerprint density at radius 1 is 1.35 bits per heavy atom. The number of rotatable bonds is 4. The minimum Gasteiger partial charge on any atom is -0.399 e. The van der Waals surface area contributed by atoms with Crippen LogP contribution in [0.4, 0.5) is 11.6 Å². The van der Waals surface area contributed by atoms with Gasteiger partial charge >= 0.3 is 0 Å². The van der Waals surface area contributed by atoms with E-state index in [0.29, 0.717) is 6.04 Å². The third-order valence-corrected chi connectivity index (χ3v) is 4.49. The maximum Gasteiger partial charge on any atom is 0.201 e. The maximum absolute atomic E-state index is 5.81. The van der Waals surface area contributed by atoms with Crippen LogP contribution in [-0.4, -0.2) is 16.0 Å². The molecule has 0 amide bonds. The minimum atomic E-state index is 0.521. The van der Waals surface area contributed by atoms with Crippen molar-refractivity contribution in [3.8, 4) is 0 Å². The predicted octanol–water partition coefficient (Wildman–Crippen LogP) is 3.92. The van der Waals surface area contributed by atoms with Gasteiger partial charge in [-0.25, -0.2) is 4.98 Å². The predicted molar refractivity (Wildman–Crippen MR) is 84.8 cm³/mol. The number of imidazole rings is 1. The number of fused-ring (bicyclic) bond motifs is 1. The van der Waals surface area contributed by atoms with Gasteiger partial charge in [0.25, 0.3) is 0 Å². The Kier molecular flexibility index (Phi) is 3.81. The molecule has 1 atom stereocenters. The van der Waals surface area contributed by atoms with Crippen molar-refractivity contribution in [1.29, 1.82) is 0 Å². The average molecular weight is 272 g/mol. The molecule has 0 spiro atoms. The summed E-state index contributed by atoms with van der Waals surface area (Å²) in [5, 5.41) is 3.60. The molecule has 1 aromatic carbocycles. The van der Waals surface area contributed by atoms with Crippen molar-refractivity contribution in [1.82, 2.24) is 9.97 Å². The standard InChI is InChI=1S/C16H24N4/c1-2-13(11-6-4-3-5-7-11)18-16-19-14-9-8-12(17)10-15(14)20-16/h8-11,13H,2-7,17H2,1H3,(H2,18,19,20). The number of nitrogens with zero attached hydrogens (tertiary/aromatic N) is 1. The van der Waals surface area contributed by atoms with E-state index in [0.717, 1.165) is 35.0 Å². The highest BCUT2D eigenvalue weighted by molar-refractivity contribution is 5.80. The molecule has 1 heterocycles. The number of nitrogens with two attached hydrogens (primary N) is 1. The molecule has 1 aliphatic carbocycles. The van der Waals surface area contributed by atoms with Gasteiger partial charge in [-0.15, -0.1) is 0 Å². The van der Waals surface area contributed by atoms with Crippen LogP contribution in [0.25, 0.3) is 11.0 Å². The van der Waals surface area contributed by atoms with E-state index in [-0.39, 0.29) is 0 Å². The van der Waals surface area contributed by atoms with Gasteiger partial charge < -0.3 is 16.0 Å². The number of aromatic nitrogens is 2. The smallest absolute Gasteiger partial charge is 0.201 e. The first-order valence-corrected chi connectivity index (χ1v) is 7.78. The molecule has 2 aromatic rings. The summed E-state index contributed by atoms with van der Waals surface area (Å²) in [4.78, 5) is 7.95. The summed E-state index contributed by atoms with van der Waals surface area (Å²) in [5.74, 6) is 1.66. The van der Waals surface area contributed by atoms with Gasteiger partial charge in [-0.3, -0.25) is 0 Å². The molecule has 1 saturated carbocycles. The van der Waals surface area contributed by atoms with Gasteiger partial charge in [0.2, 0.25) is 5.95 Å². The lowest BCUT2D eigenvalue weighted by molar-refractivity contribution is 0.312. The molecule has 3 rings (SSSR count). The van der Waals surface area contributed by atoms with E-state index in [4.69, 9.17) is 5.73 Å². The summed E-state index contributed by atoms with van der Waals surface area (Å²) in [6.45, 7) is 2.26. The van der Waals surface area contributed by atoms with Crippen molar-refractivity contribution in [3.05, 3.63) is 18.2 Å². The Bertz CT molecular complexity index is 569. The lowest BCUT2D eigenvalue weighted by Crippen LogP contribution is -2.30. The van der Waals surface area contributed by atoms with Crippen LogP contribution in [0.5, 0.6) is 0 Å². The van der Waals surface area contributed by atoms with E-state index in [2.05, 4.69) is 22.2 Å². The molecule has 0 saturated heterocycles. The van der Waals surface area contributed by atoms with Gasteiger partial charge in [0.05, 0.1) is 11.0 Å². The Hall–Kier alpha value is -1.71. The molecule has 0 aliphatic heterocycles. The van der Waals surface area contributed by atoms with Gasteiger partial charge in [-0.2, -0.15) is 0 Å². The minimum absolute atomic E-state index is 0.521. The third-order valence-electron chi connectivity index (χ3n) is 4.49. The van der Waals surface area contributed by atoms with Crippen LogP contribution in [0.1, 0.15) is 45.4 Å². The van der Waals surface area contributed by atoms with Crippen molar-refractivity contribution in [2.24, 2.45) is 5.92 Å². The lowest BCUT2D eigenvalue weighted by atomic mass is 9.83. The number of hydrogen-bond donors (Lipinski definition) is 3. The third kappa shape index (κ3) is 2.74. The van der Waals surface area contributed by atoms with E-state index in [1.54, 1.807) is 0 Å². The second-order valence-electron chi connectivity index (χ2n) is 5.92. The number of nitrogens with one attached hydrogen (secondary N) is 2. The van der Waals surface area contributed by atoms with E-state index in [1.165, 1.54) is 32.1 Å². The zero-order valence-corrected chi connectivity index (χ0v) is 12.2. The number of aromatic amines is 1. The SMILES string of the molecule is CCC(Nc1nc2ccc(N)cc2[nH]1)C1CCCCC1. The number of hydrogen-bond acceptors (Lipinski definition) is 3. The van der Waals surface area contributed by atoms with Crippen LogP contribution in [0.3, 0.4) is 0 Å². The summed E-state index contributed by atoms with van der Waals surface area (Å²) in [5.41, 5.74) is 8.56. The van der Waals surface area contributed by atoms with Crippen LogP contribution in [0.2, 0.25) is 0 Å². The zero-order valence-electron chi connectivity index (χ0n) is 12.2. The maximum atomic E-state index is 5.81. The van der Waals surface area contributed by atoms with Crippen LogP contribution < -0.4 is 11.1 Å². The Morgan fingerprint density at radius 3 is 2.90 bits per heavy atom. The first kappa shape index (κ1) is 13.3. The van der Waals surface area contributed by atoms with Crippen LogP contribution in [0.15, 0.2) is 18.2 Å². The van der Waals surface area contributed by atoms with Gasteiger partial charge in [0.15, 0.2) is 0 Å².